The van der Waals surface area contributed by atoms with Crippen LogP contribution in [0.5, 0.6) is 11.6 Å². The maximum Gasteiger partial charge on any atom is 0.417 e. The number of hydrogen-bond acceptors (Lipinski definition) is 4. The molecule has 0 bridgehead atoms. The summed E-state index contributed by atoms with van der Waals surface area (Å²) in [4.78, 5) is 4.67. The summed E-state index contributed by atoms with van der Waals surface area (Å²) in [5, 5.41) is 0. The number of rotatable bonds is 7. The molecule has 1 aromatic heterocycles. The average molecular weight is 367 g/mol. The summed E-state index contributed by atoms with van der Waals surface area (Å²) in [5.74, 6) is 1.34. The van der Waals surface area contributed by atoms with E-state index in [1.54, 1.807) is 17.8 Å². The maximum absolute atomic E-state index is 12.5. The van der Waals surface area contributed by atoms with Crippen LogP contribution in [-0.2, 0) is 6.18 Å². The van der Waals surface area contributed by atoms with Gasteiger partial charge in [-0.25, -0.2) is 4.98 Å². The van der Waals surface area contributed by atoms with E-state index in [0.717, 1.165) is 28.3 Å². The van der Waals surface area contributed by atoms with Gasteiger partial charge in [0.05, 0.1) is 5.56 Å². The highest BCUT2D eigenvalue weighted by atomic mass is 32.2. The van der Waals surface area contributed by atoms with Crippen molar-refractivity contribution in [1.29, 1.82) is 0 Å². The first-order chi connectivity index (χ1) is 11.8. The fourth-order valence-corrected chi connectivity index (χ4v) is 2.76. The molecule has 0 unspecified atom stereocenters. The zero-order valence-electron chi connectivity index (χ0n) is 13.5. The molecule has 0 saturated carbocycles. The van der Waals surface area contributed by atoms with Crippen molar-refractivity contribution in [3.8, 4) is 11.6 Å². The summed E-state index contributed by atoms with van der Waals surface area (Å²) < 4.78 is 47.5. The van der Waals surface area contributed by atoms with E-state index in [-0.39, 0.29) is 12.5 Å². The smallest absolute Gasteiger partial charge is 0.417 e. The third kappa shape index (κ3) is 5.70. The van der Waals surface area contributed by atoms with Gasteiger partial charge in [-0.15, -0.1) is 11.8 Å². The van der Waals surface area contributed by atoms with Gasteiger partial charge in [0.2, 0.25) is 5.88 Å². The van der Waals surface area contributed by atoms with Crippen LogP contribution in [0.3, 0.4) is 0 Å². The van der Waals surface area contributed by atoms with E-state index in [0.29, 0.717) is 11.5 Å². The minimum Gasteiger partial charge on any atom is -0.482 e. The summed E-state index contributed by atoms with van der Waals surface area (Å²) >= 11 is 1.56. The number of hydrogen-bond donors (Lipinski definition) is 0. The van der Waals surface area contributed by atoms with Gasteiger partial charge in [0, 0.05) is 22.9 Å². The normalized spacial score (nSPS) is 11.2. The third-order valence-corrected chi connectivity index (χ3v) is 4.34. The molecule has 132 valence electrons. The summed E-state index contributed by atoms with van der Waals surface area (Å²) in [6.45, 7) is 5.96. The molecule has 25 heavy (non-hydrogen) atoms. The first-order valence-electron chi connectivity index (χ1n) is 7.22. The lowest BCUT2D eigenvalue weighted by atomic mass is 10.2. The van der Waals surface area contributed by atoms with Crippen LogP contribution in [0.1, 0.15) is 11.1 Å². The Morgan fingerprint density at radius 1 is 1.28 bits per heavy atom. The fourth-order valence-electron chi connectivity index (χ4n) is 1.88. The molecule has 1 aromatic carbocycles. The predicted octanol–water partition coefficient (Wildman–Crippen LogP) is 5.18. The van der Waals surface area contributed by atoms with Crippen molar-refractivity contribution in [3.63, 3.8) is 0 Å². The van der Waals surface area contributed by atoms with Crippen LogP contribution in [0.25, 0.3) is 0 Å². The van der Waals surface area contributed by atoms with Crippen LogP contribution in [0.2, 0.25) is 0 Å². The SMILES string of the molecule is [CH]Oc1ccc(SCC(=C)COc2ccc(C(F)(F)F)cn2)cc1C. The van der Waals surface area contributed by atoms with Gasteiger partial charge < -0.3 is 9.47 Å². The van der Waals surface area contributed by atoms with E-state index in [9.17, 15) is 13.2 Å². The molecule has 0 spiro atoms. The zero-order chi connectivity index (χ0) is 18.4. The summed E-state index contributed by atoms with van der Waals surface area (Å²) in [6.07, 6.45) is -3.66. The van der Waals surface area contributed by atoms with E-state index in [1.807, 2.05) is 19.1 Å². The molecule has 0 aliphatic heterocycles. The maximum atomic E-state index is 12.5. The summed E-state index contributed by atoms with van der Waals surface area (Å²) in [5.41, 5.74) is 0.890. The minimum absolute atomic E-state index is 0.124. The van der Waals surface area contributed by atoms with Gasteiger partial charge in [-0.05, 0) is 42.3 Å². The second-order valence-electron chi connectivity index (χ2n) is 5.26. The minimum atomic E-state index is -4.41. The van der Waals surface area contributed by atoms with Crippen LogP contribution < -0.4 is 9.47 Å². The number of thioether (sulfide) groups is 1. The van der Waals surface area contributed by atoms with Crippen molar-refractivity contribution in [2.45, 2.75) is 18.0 Å². The fraction of sp³-hybridized carbons (Fsp3) is 0.222. The molecule has 0 fully saturated rings. The number of ether oxygens (including phenoxy) is 2. The van der Waals surface area contributed by atoms with Crippen LogP contribution >= 0.6 is 11.8 Å². The van der Waals surface area contributed by atoms with Crippen LogP contribution in [0, 0.1) is 14.0 Å². The number of benzene rings is 1. The molecular formula is C18H16F3NO2S. The lowest BCUT2D eigenvalue weighted by molar-refractivity contribution is -0.137. The standard InChI is InChI=1S/C18H16F3NO2S/c1-12(11-25-15-5-6-16(23-3)13(2)8-15)10-24-17-7-4-14(9-22-17)18(19,20)21/h3-9H,1,10-11H2,2H3. The number of pyridine rings is 1. The molecule has 1 heterocycles. The van der Waals surface area contributed by atoms with Gasteiger partial charge in [0.1, 0.15) is 12.4 Å². The lowest BCUT2D eigenvalue weighted by Gasteiger charge is -2.10. The Balaban J connectivity index is 1.82. The Morgan fingerprint density at radius 2 is 2.04 bits per heavy atom. The van der Waals surface area contributed by atoms with Crippen molar-refractivity contribution in [2.75, 3.05) is 12.4 Å². The molecule has 2 radical (unpaired) electrons. The molecular weight excluding hydrogens is 351 g/mol. The van der Waals surface area contributed by atoms with Crippen molar-refractivity contribution >= 4 is 11.8 Å². The van der Waals surface area contributed by atoms with E-state index in [4.69, 9.17) is 16.6 Å². The Hall–Kier alpha value is -2.15. The summed E-state index contributed by atoms with van der Waals surface area (Å²) in [6, 6.07) is 7.73. The second kappa shape index (κ2) is 8.29. The first kappa shape index (κ1) is 19.2. The highest BCUT2D eigenvalue weighted by Gasteiger charge is 2.30. The van der Waals surface area contributed by atoms with E-state index in [1.165, 1.54) is 6.07 Å². The number of halogens is 3. The lowest BCUT2D eigenvalue weighted by Crippen LogP contribution is -2.07. The third-order valence-electron chi connectivity index (χ3n) is 3.20. The Labute approximate surface area is 148 Å². The Kier molecular flexibility index (Phi) is 6.36. The highest BCUT2D eigenvalue weighted by Crippen LogP contribution is 2.29. The van der Waals surface area contributed by atoms with Crippen molar-refractivity contribution < 1.29 is 22.6 Å². The van der Waals surface area contributed by atoms with E-state index in [2.05, 4.69) is 11.6 Å². The van der Waals surface area contributed by atoms with Gasteiger partial charge in [0.15, 0.2) is 7.11 Å². The predicted molar refractivity (Wildman–Crippen MR) is 90.7 cm³/mol. The van der Waals surface area contributed by atoms with Gasteiger partial charge in [-0.3, -0.25) is 0 Å². The molecule has 7 heteroatoms. The summed E-state index contributed by atoms with van der Waals surface area (Å²) in [7, 11) is 5.15. The van der Waals surface area contributed by atoms with Gasteiger partial charge >= 0.3 is 6.18 Å². The molecule has 0 aliphatic rings. The van der Waals surface area contributed by atoms with Crippen molar-refractivity contribution in [2.24, 2.45) is 0 Å². The van der Waals surface area contributed by atoms with Crippen LogP contribution in [-0.4, -0.2) is 17.3 Å². The van der Waals surface area contributed by atoms with Crippen molar-refractivity contribution in [1.82, 2.24) is 4.98 Å². The number of aryl methyl sites for hydroxylation is 1. The number of aromatic nitrogens is 1. The largest absolute Gasteiger partial charge is 0.482 e. The quantitative estimate of drug-likeness (QED) is 0.498. The van der Waals surface area contributed by atoms with Gasteiger partial charge in [0.25, 0.3) is 0 Å². The first-order valence-corrected chi connectivity index (χ1v) is 8.21. The Bertz CT molecular complexity index is 730. The molecule has 2 rings (SSSR count). The highest BCUT2D eigenvalue weighted by molar-refractivity contribution is 7.99. The second-order valence-corrected chi connectivity index (χ2v) is 6.30. The van der Waals surface area contributed by atoms with Crippen LogP contribution in [0.15, 0.2) is 53.6 Å². The average Bonchev–Trinajstić information content (AvgIpc) is 2.58. The molecule has 0 atom stereocenters. The molecule has 0 aliphatic carbocycles. The number of alkyl halides is 3. The molecule has 2 aromatic rings. The van der Waals surface area contributed by atoms with Gasteiger partial charge in [-0.2, -0.15) is 13.2 Å². The topological polar surface area (TPSA) is 31.4 Å². The molecule has 0 amide bonds. The van der Waals surface area contributed by atoms with Gasteiger partial charge in [-0.1, -0.05) is 6.58 Å². The molecule has 0 saturated heterocycles. The van der Waals surface area contributed by atoms with Crippen molar-refractivity contribution in [3.05, 3.63) is 66.9 Å². The molecule has 3 nitrogen and oxygen atoms in total. The molecule has 0 N–H and O–H groups in total. The van der Waals surface area contributed by atoms with E-state index < -0.39 is 11.7 Å². The van der Waals surface area contributed by atoms with E-state index >= 15 is 0 Å². The monoisotopic (exact) mass is 367 g/mol. The number of nitrogens with zero attached hydrogens (tertiary/aromatic N) is 1. The van der Waals surface area contributed by atoms with Crippen LogP contribution in [0.4, 0.5) is 13.2 Å². The Morgan fingerprint density at radius 3 is 2.60 bits per heavy atom. The zero-order valence-corrected chi connectivity index (χ0v) is 14.3.